The highest BCUT2D eigenvalue weighted by Crippen LogP contribution is 2.30. The fraction of sp³-hybridized carbons (Fsp3) is 0.250. The van der Waals surface area contributed by atoms with Gasteiger partial charge in [0.15, 0.2) is 11.5 Å². The molecule has 2 aromatic carbocycles. The van der Waals surface area contributed by atoms with Crippen LogP contribution in [0.3, 0.4) is 0 Å². The minimum absolute atomic E-state index is 0.0366. The molecule has 2 aromatic rings. The highest BCUT2D eigenvalue weighted by atomic mass is 35.5. The molecule has 0 radical (unpaired) electrons. The third-order valence-corrected chi connectivity index (χ3v) is 5.02. The Hall–Kier alpha value is -1.80. The largest absolute Gasteiger partial charge is 0.493 e. The predicted molar refractivity (Wildman–Crippen MR) is 91.1 cm³/mol. The van der Waals surface area contributed by atoms with Crippen molar-refractivity contribution in [2.24, 2.45) is 0 Å². The average molecular weight is 372 g/mol. The molecule has 0 saturated carbocycles. The lowest BCUT2D eigenvalue weighted by molar-refractivity contribution is 0.181. The van der Waals surface area contributed by atoms with Crippen molar-refractivity contribution in [1.29, 1.82) is 0 Å². The van der Waals surface area contributed by atoms with Crippen molar-refractivity contribution < 1.29 is 23.0 Å². The molecule has 2 N–H and O–H groups in total. The lowest BCUT2D eigenvalue weighted by Gasteiger charge is -2.15. The summed E-state index contributed by atoms with van der Waals surface area (Å²) in [6.07, 6.45) is -1.04. The first-order valence-electron chi connectivity index (χ1n) is 7.02. The number of aliphatic hydroxyl groups is 1. The van der Waals surface area contributed by atoms with Crippen LogP contribution in [0, 0.1) is 0 Å². The Balaban J connectivity index is 2.11. The molecule has 0 spiro atoms. The van der Waals surface area contributed by atoms with Crippen LogP contribution >= 0.6 is 11.6 Å². The van der Waals surface area contributed by atoms with Gasteiger partial charge < -0.3 is 14.6 Å². The van der Waals surface area contributed by atoms with E-state index in [1.165, 1.54) is 26.4 Å². The predicted octanol–water partition coefficient (Wildman–Crippen LogP) is 2.37. The summed E-state index contributed by atoms with van der Waals surface area (Å²) < 4.78 is 37.1. The SMILES string of the molecule is COc1ccc(C(O)CNS(=O)(=O)c2cccc(Cl)c2)cc1OC. The molecular formula is C16H18ClNO5S. The third-order valence-electron chi connectivity index (χ3n) is 3.37. The number of rotatable bonds is 7. The van der Waals surface area contributed by atoms with Crippen LogP contribution in [0.4, 0.5) is 0 Å². The molecule has 130 valence electrons. The monoisotopic (exact) mass is 371 g/mol. The summed E-state index contributed by atoms with van der Waals surface area (Å²) >= 11 is 5.80. The van der Waals surface area contributed by atoms with Gasteiger partial charge >= 0.3 is 0 Å². The molecular weight excluding hydrogens is 354 g/mol. The first kappa shape index (κ1) is 18.5. The van der Waals surface area contributed by atoms with Gasteiger partial charge in [-0.25, -0.2) is 13.1 Å². The van der Waals surface area contributed by atoms with Gasteiger partial charge in [0.1, 0.15) is 0 Å². The molecule has 0 bridgehead atoms. The summed E-state index contributed by atoms with van der Waals surface area (Å²) in [6.45, 7) is -0.190. The van der Waals surface area contributed by atoms with Crippen LogP contribution in [0.15, 0.2) is 47.4 Å². The van der Waals surface area contributed by atoms with E-state index in [9.17, 15) is 13.5 Å². The second kappa shape index (κ2) is 7.85. The summed E-state index contributed by atoms with van der Waals surface area (Å²) in [4.78, 5) is 0.0366. The zero-order valence-corrected chi connectivity index (χ0v) is 14.8. The Kier molecular flexibility index (Phi) is 6.06. The third kappa shape index (κ3) is 4.39. The Labute approximate surface area is 146 Å². The Morgan fingerprint density at radius 1 is 1.12 bits per heavy atom. The maximum Gasteiger partial charge on any atom is 0.240 e. The number of sulfonamides is 1. The van der Waals surface area contributed by atoms with Crippen LogP contribution in [0.2, 0.25) is 5.02 Å². The molecule has 8 heteroatoms. The highest BCUT2D eigenvalue weighted by molar-refractivity contribution is 7.89. The molecule has 6 nitrogen and oxygen atoms in total. The zero-order valence-electron chi connectivity index (χ0n) is 13.2. The van der Waals surface area contributed by atoms with Gasteiger partial charge in [-0.15, -0.1) is 0 Å². The van der Waals surface area contributed by atoms with Gasteiger partial charge in [0.25, 0.3) is 0 Å². The van der Waals surface area contributed by atoms with E-state index in [-0.39, 0.29) is 11.4 Å². The lowest BCUT2D eigenvalue weighted by atomic mass is 10.1. The molecule has 0 heterocycles. The van der Waals surface area contributed by atoms with Crippen LogP contribution < -0.4 is 14.2 Å². The fourth-order valence-corrected chi connectivity index (χ4v) is 3.42. The number of nitrogens with one attached hydrogen (secondary N) is 1. The van der Waals surface area contributed by atoms with Gasteiger partial charge in [-0.3, -0.25) is 0 Å². The smallest absolute Gasteiger partial charge is 0.240 e. The van der Waals surface area contributed by atoms with Crippen LogP contribution in [0.25, 0.3) is 0 Å². The van der Waals surface area contributed by atoms with Gasteiger partial charge in [0, 0.05) is 11.6 Å². The van der Waals surface area contributed by atoms with Crippen molar-refractivity contribution in [3.05, 3.63) is 53.1 Å². The van der Waals surface area contributed by atoms with Crippen LogP contribution in [0.5, 0.6) is 11.5 Å². The van der Waals surface area contributed by atoms with E-state index in [1.54, 1.807) is 30.3 Å². The first-order valence-corrected chi connectivity index (χ1v) is 8.88. The standard InChI is InChI=1S/C16H18ClNO5S/c1-22-15-7-6-11(8-16(15)23-2)14(19)10-18-24(20,21)13-5-3-4-12(17)9-13/h3-9,14,18-19H,10H2,1-2H3. The van der Waals surface area contributed by atoms with Gasteiger partial charge in [-0.2, -0.15) is 0 Å². The van der Waals surface area contributed by atoms with E-state index in [4.69, 9.17) is 21.1 Å². The second-order valence-corrected chi connectivity index (χ2v) is 7.14. The van der Waals surface area contributed by atoms with Crippen LogP contribution in [-0.4, -0.2) is 34.3 Å². The summed E-state index contributed by atoms with van der Waals surface area (Å²) in [7, 11) is -0.776. The van der Waals surface area contributed by atoms with E-state index >= 15 is 0 Å². The summed E-state index contributed by atoms with van der Waals surface area (Å²) in [5.41, 5.74) is 0.501. The van der Waals surface area contributed by atoms with Gasteiger partial charge in [-0.1, -0.05) is 23.7 Å². The number of methoxy groups -OCH3 is 2. The van der Waals surface area contributed by atoms with Gasteiger partial charge in [-0.05, 0) is 35.9 Å². The molecule has 0 saturated heterocycles. The van der Waals surface area contributed by atoms with Crippen LogP contribution in [0.1, 0.15) is 11.7 Å². The van der Waals surface area contributed by atoms with Crippen molar-refractivity contribution in [2.45, 2.75) is 11.0 Å². The van der Waals surface area contributed by atoms with Gasteiger partial charge in [0.05, 0.1) is 25.2 Å². The van der Waals surface area contributed by atoms with Crippen molar-refractivity contribution >= 4 is 21.6 Å². The average Bonchev–Trinajstić information content (AvgIpc) is 2.59. The molecule has 0 aliphatic heterocycles. The quantitative estimate of drug-likeness (QED) is 0.780. The van der Waals surface area contributed by atoms with E-state index in [1.807, 2.05) is 0 Å². The van der Waals surface area contributed by atoms with Crippen molar-refractivity contribution in [2.75, 3.05) is 20.8 Å². The molecule has 2 rings (SSSR count). The van der Waals surface area contributed by atoms with E-state index < -0.39 is 16.1 Å². The number of benzene rings is 2. The van der Waals surface area contributed by atoms with Gasteiger partial charge in [0.2, 0.25) is 10.0 Å². The molecule has 1 atom stereocenters. The maximum atomic E-state index is 12.2. The molecule has 0 amide bonds. The number of aliphatic hydroxyl groups excluding tert-OH is 1. The maximum absolute atomic E-state index is 12.2. The van der Waals surface area contributed by atoms with Crippen molar-refractivity contribution in [3.63, 3.8) is 0 Å². The second-order valence-electron chi connectivity index (χ2n) is 4.94. The minimum atomic E-state index is -3.76. The van der Waals surface area contributed by atoms with E-state index in [2.05, 4.69) is 4.72 Å². The summed E-state index contributed by atoms with van der Waals surface area (Å²) in [6, 6.07) is 10.8. The minimum Gasteiger partial charge on any atom is -0.493 e. The molecule has 0 aromatic heterocycles. The Morgan fingerprint density at radius 3 is 2.46 bits per heavy atom. The number of hydrogen-bond acceptors (Lipinski definition) is 5. The topological polar surface area (TPSA) is 84.9 Å². The van der Waals surface area contributed by atoms with Crippen LogP contribution in [-0.2, 0) is 10.0 Å². The van der Waals surface area contributed by atoms with E-state index in [0.717, 1.165) is 0 Å². The molecule has 0 aliphatic rings. The molecule has 24 heavy (non-hydrogen) atoms. The summed E-state index contributed by atoms with van der Waals surface area (Å²) in [5.74, 6) is 0.972. The number of halogens is 1. The number of ether oxygens (including phenoxy) is 2. The van der Waals surface area contributed by atoms with E-state index in [0.29, 0.717) is 22.1 Å². The number of hydrogen-bond donors (Lipinski definition) is 2. The van der Waals surface area contributed by atoms with Crippen molar-refractivity contribution in [3.8, 4) is 11.5 Å². The molecule has 0 aliphatic carbocycles. The van der Waals surface area contributed by atoms with Crippen molar-refractivity contribution in [1.82, 2.24) is 4.72 Å². The Morgan fingerprint density at radius 2 is 1.83 bits per heavy atom. The highest BCUT2D eigenvalue weighted by Gasteiger charge is 2.18. The molecule has 1 unspecified atom stereocenters. The Bertz CT molecular complexity index is 810. The lowest BCUT2D eigenvalue weighted by Crippen LogP contribution is -2.28. The fourth-order valence-electron chi connectivity index (χ4n) is 2.08. The zero-order chi connectivity index (χ0) is 17.7. The first-order chi connectivity index (χ1) is 11.4. The molecule has 0 fully saturated rings. The summed E-state index contributed by atoms with van der Waals surface area (Å²) in [5, 5.41) is 10.5. The normalized spacial score (nSPS) is 12.7.